The number of aliphatic carboxylic acids is 1. The predicted molar refractivity (Wildman–Crippen MR) is 78.4 cm³/mol. The molecular formula is C15H28N2O3. The van der Waals surface area contributed by atoms with Crippen LogP contribution < -0.4 is 5.32 Å². The number of carboxylic acids is 1. The number of hydrogen-bond acceptors (Lipinski definition) is 3. The molecule has 0 aromatic carbocycles. The van der Waals surface area contributed by atoms with Gasteiger partial charge >= 0.3 is 5.97 Å². The first kappa shape index (κ1) is 17.0. The van der Waals surface area contributed by atoms with Crippen LogP contribution in [0.25, 0.3) is 0 Å². The van der Waals surface area contributed by atoms with Gasteiger partial charge in [0.05, 0.1) is 11.8 Å². The van der Waals surface area contributed by atoms with Gasteiger partial charge in [0, 0.05) is 6.54 Å². The first-order valence-electron chi connectivity index (χ1n) is 7.72. The van der Waals surface area contributed by atoms with Gasteiger partial charge in [0.15, 0.2) is 0 Å². The molecule has 0 spiro atoms. The van der Waals surface area contributed by atoms with Crippen molar-refractivity contribution in [1.82, 2.24) is 10.2 Å². The molecule has 1 rings (SSSR count). The van der Waals surface area contributed by atoms with E-state index in [1.807, 2.05) is 6.92 Å². The highest BCUT2D eigenvalue weighted by Gasteiger charge is 2.40. The van der Waals surface area contributed by atoms with Crippen molar-refractivity contribution in [1.29, 1.82) is 0 Å². The fourth-order valence-electron chi connectivity index (χ4n) is 3.04. The van der Waals surface area contributed by atoms with E-state index in [0.717, 1.165) is 26.1 Å². The second-order valence-corrected chi connectivity index (χ2v) is 5.80. The second kappa shape index (κ2) is 8.25. The topological polar surface area (TPSA) is 69.6 Å². The Bertz CT molecular complexity index is 329. The van der Waals surface area contributed by atoms with Gasteiger partial charge in [-0.15, -0.1) is 0 Å². The van der Waals surface area contributed by atoms with Crippen LogP contribution in [0.3, 0.4) is 0 Å². The molecule has 20 heavy (non-hydrogen) atoms. The number of nitrogens with one attached hydrogen (secondary N) is 1. The van der Waals surface area contributed by atoms with Gasteiger partial charge < -0.3 is 15.3 Å². The van der Waals surface area contributed by atoms with Gasteiger partial charge in [0.1, 0.15) is 0 Å². The molecule has 5 heteroatoms. The Balaban J connectivity index is 2.33. The third-order valence-corrected chi connectivity index (χ3v) is 4.30. The number of carbonyl (C=O) groups is 2. The first-order chi connectivity index (χ1) is 9.49. The molecule has 0 heterocycles. The van der Waals surface area contributed by atoms with Crippen LogP contribution in [-0.4, -0.2) is 48.1 Å². The molecule has 0 radical (unpaired) electrons. The molecule has 0 saturated heterocycles. The zero-order valence-corrected chi connectivity index (χ0v) is 12.9. The van der Waals surface area contributed by atoms with Crippen LogP contribution in [0.2, 0.25) is 0 Å². The lowest BCUT2D eigenvalue weighted by Crippen LogP contribution is -2.36. The van der Waals surface area contributed by atoms with Crippen LogP contribution in [0, 0.1) is 17.8 Å². The normalized spacial score (nSPS) is 25.9. The highest BCUT2D eigenvalue weighted by atomic mass is 16.4. The summed E-state index contributed by atoms with van der Waals surface area (Å²) in [6, 6.07) is 0. The molecule has 116 valence electrons. The average molecular weight is 284 g/mol. The predicted octanol–water partition coefficient (Wildman–Crippen LogP) is 1.58. The van der Waals surface area contributed by atoms with E-state index >= 15 is 0 Å². The van der Waals surface area contributed by atoms with Crippen molar-refractivity contribution in [2.75, 3.05) is 26.2 Å². The Morgan fingerprint density at radius 2 is 1.80 bits per heavy atom. The van der Waals surface area contributed by atoms with Gasteiger partial charge in [-0.2, -0.15) is 0 Å². The zero-order chi connectivity index (χ0) is 15.1. The summed E-state index contributed by atoms with van der Waals surface area (Å²) in [6.45, 7) is 9.91. The molecule has 0 bridgehead atoms. The SMILES string of the molecule is CCN(CC)CCCNC(=O)[C@H]1CC(C)C[C@H]1C(=O)O. The van der Waals surface area contributed by atoms with Crippen molar-refractivity contribution in [3.63, 3.8) is 0 Å². The summed E-state index contributed by atoms with van der Waals surface area (Å²) >= 11 is 0. The van der Waals surface area contributed by atoms with Gasteiger partial charge in [-0.05, 0) is 44.8 Å². The zero-order valence-electron chi connectivity index (χ0n) is 12.9. The van der Waals surface area contributed by atoms with Gasteiger partial charge in [0.2, 0.25) is 5.91 Å². The Labute approximate surface area is 121 Å². The van der Waals surface area contributed by atoms with Crippen molar-refractivity contribution in [2.24, 2.45) is 17.8 Å². The lowest BCUT2D eigenvalue weighted by atomic mass is 9.95. The number of amides is 1. The quantitative estimate of drug-likeness (QED) is 0.664. The molecule has 1 aliphatic carbocycles. The number of hydrogen-bond donors (Lipinski definition) is 2. The fourth-order valence-corrected chi connectivity index (χ4v) is 3.04. The maximum absolute atomic E-state index is 12.1. The van der Waals surface area contributed by atoms with Gasteiger partial charge in [-0.3, -0.25) is 9.59 Å². The lowest BCUT2D eigenvalue weighted by Gasteiger charge is -2.19. The molecule has 1 aliphatic rings. The van der Waals surface area contributed by atoms with Crippen molar-refractivity contribution in [3.8, 4) is 0 Å². The smallest absolute Gasteiger partial charge is 0.307 e. The molecule has 0 aromatic rings. The fraction of sp³-hybridized carbons (Fsp3) is 0.867. The summed E-state index contributed by atoms with van der Waals surface area (Å²) in [5, 5.41) is 12.1. The van der Waals surface area contributed by atoms with Crippen LogP contribution in [0.5, 0.6) is 0 Å². The molecule has 1 saturated carbocycles. The van der Waals surface area contributed by atoms with Crippen molar-refractivity contribution in [3.05, 3.63) is 0 Å². The molecule has 0 aromatic heterocycles. The van der Waals surface area contributed by atoms with Crippen LogP contribution in [0.1, 0.15) is 40.0 Å². The van der Waals surface area contributed by atoms with E-state index in [1.165, 1.54) is 0 Å². The number of carbonyl (C=O) groups excluding carboxylic acids is 1. The molecule has 5 nitrogen and oxygen atoms in total. The van der Waals surface area contributed by atoms with Crippen molar-refractivity contribution >= 4 is 11.9 Å². The van der Waals surface area contributed by atoms with E-state index in [4.69, 9.17) is 0 Å². The lowest BCUT2D eigenvalue weighted by molar-refractivity contribution is -0.146. The van der Waals surface area contributed by atoms with E-state index in [9.17, 15) is 14.7 Å². The molecular weight excluding hydrogens is 256 g/mol. The van der Waals surface area contributed by atoms with Crippen LogP contribution in [-0.2, 0) is 9.59 Å². The summed E-state index contributed by atoms with van der Waals surface area (Å²) < 4.78 is 0. The average Bonchev–Trinajstić information content (AvgIpc) is 2.81. The Morgan fingerprint density at radius 1 is 1.20 bits per heavy atom. The highest BCUT2D eigenvalue weighted by Crippen LogP contribution is 2.36. The van der Waals surface area contributed by atoms with E-state index in [0.29, 0.717) is 25.3 Å². The van der Waals surface area contributed by atoms with Crippen molar-refractivity contribution < 1.29 is 14.7 Å². The summed E-state index contributed by atoms with van der Waals surface area (Å²) in [5.74, 6) is -1.45. The number of rotatable bonds is 8. The van der Waals surface area contributed by atoms with Crippen LogP contribution >= 0.6 is 0 Å². The van der Waals surface area contributed by atoms with Crippen molar-refractivity contribution in [2.45, 2.75) is 40.0 Å². The van der Waals surface area contributed by atoms with E-state index in [2.05, 4.69) is 24.1 Å². The third kappa shape index (κ3) is 4.78. The standard InChI is InChI=1S/C15H28N2O3/c1-4-17(5-2)8-6-7-16-14(18)12-9-11(3)10-13(12)15(19)20/h11-13H,4-10H2,1-3H3,(H,16,18)(H,19,20)/t11?,12-,13+/m0/s1. The molecule has 0 aliphatic heterocycles. The maximum Gasteiger partial charge on any atom is 0.307 e. The molecule has 1 unspecified atom stereocenters. The minimum Gasteiger partial charge on any atom is -0.481 e. The van der Waals surface area contributed by atoms with Gasteiger partial charge in [-0.1, -0.05) is 20.8 Å². The molecule has 2 N–H and O–H groups in total. The largest absolute Gasteiger partial charge is 0.481 e. The Kier molecular flexibility index (Phi) is 6.99. The third-order valence-electron chi connectivity index (χ3n) is 4.30. The highest BCUT2D eigenvalue weighted by molar-refractivity contribution is 5.85. The maximum atomic E-state index is 12.1. The summed E-state index contributed by atoms with van der Waals surface area (Å²) in [4.78, 5) is 25.6. The van der Waals surface area contributed by atoms with Gasteiger partial charge in [0.25, 0.3) is 0 Å². The molecule has 1 amide bonds. The minimum absolute atomic E-state index is 0.0821. The van der Waals surface area contributed by atoms with Crippen LogP contribution in [0.4, 0.5) is 0 Å². The number of nitrogens with zero attached hydrogens (tertiary/aromatic N) is 1. The van der Waals surface area contributed by atoms with E-state index in [-0.39, 0.29) is 11.8 Å². The molecule has 1 fully saturated rings. The van der Waals surface area contributed by atoms with Gasteiger partial charge in [-0.25, -0.2) is 0 Å². The first-order valence-corrected chi connectivity index (χ1v) is 7.72. The summed E-state index contributed by atoms with van der Waals surface area (Å²) in [7, 11) is 0. The Hall–Kier alpha value is -1.10. The van der Waals surface area contributed by atoms with E-state index < -0.39 is 11.9 Å². The summed E-state index contributed by atoms with van der Waals surface area (Å²) in [6.07, 6.45) is 2.22. The van der Waals surface area contributed by atoms with E-state index in [1.54, 1.807) is 0 Å². The monoisotopic (exact) mass is 284 g/mol. The summed E-state index contributed by atoms with van der Waals surface area (Å²) in [5.41, 5.74) is 0. The molecule has 3 atom stereocenters. The minimum atomic E-state index is -0.836. The Morgan fingerprint density at radius 3 is 2.35 bits per heavy atom. The number of carboxylic acid groups (broad SMARTS) is 1. The van der Waals surface area contributed by atoms with Crippen LogP contribution in [0.15, 0.2) is 0 Å². The second-order valence-electron chi connectivity index (χ2n) is 5.80.